The van der Waals surface area contributed by atoms with Gasteiger partial charge in [-0.2, -0.15) is 0 Å². The quantitative estimate of drug-likeness (QED) is 0.288. The fourth-order valence-electron chi connectivity index (χ4n) is 3.39. The second kappa shape index (κ2) is 10.8. The van der Waals surface area contributed by atoms with Gasteiger partial charge in [0.1, 0.15) is 23.7 Å². The maximum Gasteiger partial charge on any atom is 0.352 e. The molecule has 2 N–H and O–H groups in total. The molecule has 0 spiro atoms. The molecule has 2 aliphatic rings. The molecule has 1 aromatic rings. The number of β-lactam (4-membered cyclic amide) rings is 1. The van der Waals surface area contributed by atoms with Crippen LogP contribution in [0.3, 0.4) is 0 Å². The molecule has 0 saturated carbocycles. The van der Waals surface area contributed by atoms with E-state index in [4.69, 9.17) is 4.84 Å². The van der Waals surface area contributed by atoms with E-state index in [0.29, 0.717) is 17.9 Å². The van der Waals surface area contributed by atoms with Crippen molar-refractivity contribution in [2.45, 2.75) is 31.7 Å². The van der Waals surface area contributed by atoms with Crippen molar-refractivity contribution in [2.75, 3.05) is 32.0 Å². The van der Waals surface area contributed by atoms with Gasteiger partial charge < -0.3 is 15.3 Å². The first-order valence-electron chi connectivity index (χ1n) is 10.0. The number of rotatable bonds is 11. The first-order chi connectivity index (χ1) is 15.0. The van der Waals surface area contributed by atoms with Crippen molar-refractivity contribution < 1.29 is 24.3 Å². The third-order valence-corrected chi connectivity index (χ3v) is 7.32. The van der Waals surface area contributed by atoms with E-state index in [9.17, 15) is 19.5 Å². The number of aliphatic carboxylic acids is 1. The van der Waals surface area contributed by atoms with Gasteiger partial charge in [0, 0.05) is 22.7 Å². The summed E-state index contributed by atoms with van der Waals surface area (Å²) in [5, 5.41) is 17.8. The fourth-order valence-corrected chi connectivity index (χ4v) is 5.42. The minimum atomic E-state index is -1.19. The van der Waals surface area contributed by atoms with Crippen LogP contribution in [-0.2, 0) is 25.6 Å². The van der Waals surface area contributed by atoms with Crippen LogP contribution < -0.4 is 5.32 Å². The van der Waals surface area contributed by atoms with Crippen molar-refractivity contribution in [1.29, 1.82) is 0 Å². The van der Waals surface area contributed by atoms with Crippen LogP contribution in [-0.4, -0.2) is 82.3 Å². The molecular weight excluding hydrogens is 440 g/mol. The molecular formula is C20H26N4O5S2. The number of hydrogen-bond acceptors (Lipinski definition) is 8. The van der Waals surface area contributed by atoms with Crippen LogP contribution >= 0.6 is 23.1 Å². The van der Waals surface area contributed by atoms with E-state index in [1.807, 2.05) is 17.5 Å². The van der Waals surface area contributed by atoms with E-state index in [1.165, 1.54) is 28.0 Å². The SMILES string of the molecule is CCN(CC)C/C=N/OCC1=C(C(=O)O)N2C(=O)C(NC(=O)Cc3cccs3)C2SC1. The molecule has 1 aromatic heterocycles. The van der Waals surface area contributed by atoms with Gasteiger partial charge >= 0.3 is 5.97 Å². The number of thiophene rings is 1. The number of thioether (sulfide) groups is 1. The zero-order valence-electron chi connectivity index (χ0n) is 17.4. The Morgan fingerprint density at radius 3 is 2.84 bits per heavy atom. The summed E-state index contributed by atoms with van der Waals surface area (Å²) in [4.78, 5) is 46.3. The van der Waals surface area contributed by atoms with Crippen LogP contribution in [0.1, 0.15) is 18.7 Å². The second-order valence-electron chi connectivity index (χ2n) is 7.02. The molecule has 9 nitrogen and oxygen atoms in total. The Morgan fingerprint density at radius 2 is 2.19 bits per heavy atom. The number of hydrogen-bond donors (Lipinski definition) is 2. The molecule has 31 heavy (non-hydrogen) atoms. The van der Waals surface area contributed by atoms with Gasteiger partial charge in [-0.3, -0.25) is 19.4 Å². The minimum absolute atomic E-state index is 0.00468. The zero-order valence-corrected chi connectivity index (χ0v) is 19.1. The summed E-state index contributed by atoms with van der Waals surface area (Å²) >= 11 is 2.88. The summed E-state index contributed by atoms with van der Waals surface area (Å²) in [6.07, 6.45) is 1.84. The van der Waals surface area contributed by atoms with Crippen LogP contribution in [0, 0.1) is 0 Å². The summed E-state index contributed by atoms with van der Waals surface area (Å²) in [5.41, 5.74) is 0.418. The monoisotopic (exact) mass is 466 g/mol. The normalized spacial score (nSPS) is 20.7. The highest BCUT2D eigenvalue weighted by atomic mass is 32.2. The standard InChI is InChI=1S/C20H26N4O5S2/c1-3-23(4-2)8-7-21-29-11-13-12-31-19-16(18(26)24(19)17(13)20(27)28)22-15(25)10-14-6-5-9-30-14/h5-7,9,16,19H,3-4,8,10-12H2,1-2H3,(H,22,25)(H,27,28)/b21-7+. The van der Waals surface area contributed by atoms with Gasteiger partial charge in [-0.05, 0) is 24.5 Å². The first kappa shape index (κ1) is 23.3. The number of nitrogens with zero attached hydrogens (tertiary/aromatic N) is 3. The average molecular weight is 467 g/mol. The molecule has 3 heterocycles. The van der Waals surface area contributed by atoms with E-state index >= 15 is 0 Å². The number of carbonyl (C=O) groups excluding carboxylic acids is 2. The van der Waals surface area contributed by atoms with Crippen molar-refractivity contribution in [2.24, 2.45) is 5.16 Å². The van der Waals surface area contributed by atoms with Gasteiger partial charge in [-0.15, -0.1) is 23.1 Å². The lowest BCUT2D eigenvalue weighted by Crippen LogP contribution is -2.70. The fraction of sp³-hybridized carbons (Fsp3) is 0.500. The Morgan fingerprint density at radius 1 is 1.42 bits per heavy atom. The van der Waals surface area contributed by atoms with Crippen molar-refractivity contribution in [3.63, 3.8) is 0 Å². The highest BCUT2D eigenvalue weighted by Crippen LogP contribution is 2.40. The molecule has 0 bridgehead atoms. The lowest BCUT2D eigenvalue weighted by molar-refractivity contribution is -0.150. The Balaban J connectivity index is 1.59. The molecule has 2 atom stereocenters. The van der Waals surface area contributed by atoms with Gasteiger partial charge in [0.05, 0.1) is 12.6 Å². The van der Waals surface area contributed by atoms with Crippen molar-refractivity contribution in [3.8, 4) is 0 Å². The van der Waals surface area contributed by atoms with E-state index in [0.717, 1.165) is 18.0 Å². The van der Waals surface area contributed by atoms with Crippen LogP contribution in [0.15, 0.2) is 33.9 Å². The van der Waals surface area contributed by atoms with E-state index in [-0.39, 0.29) is 24.6 Å². The molecule has 0 radical (unpaired) electrons. The van der Waals surface area contributed by atoms with Gasteiger partial charge in [0.15, 0.2) is 0 Å². The summed E-state index contributed by atoms with van der Waals surface area (Å²) in [6.45, 7) is 6.55. The van der Waals surface area contributed by atoms with Crippen LogP contribution in [0.25, 0.3) is 0 Å². The molecule has 2 aliphatic heterocycles. The lowest BCUT2D eigenvalue weighted by Gasteiger charge is -2.49. The van der Waals surface area contributed by atoms with Gasteiger partial charge in [0.2, 0.25) is 5.91 Å². The summed E-state index contributed by atoms with van der Waals surface area (Å²) in [6, 6.07) is 3.00. The number of amides is 2. The topological polar surface area (TPSA) is 112 Å². The van der Waals surface area contributed by atoms with Crippen LogP contribution in [0.5, 0.6) is 0 Å². The number of fused-ring (bicyclic) bond motifs is 1. The van der Waals surface area contributed by atoms with Gasteiger partial charge in [-0.1, -0.05) is 25.1 Å². The van der Waals surface area contributed by atoms with Crippen molar-refractivity contribution in [1.82, 2.24) is 15.1 Å². The Kier molecular flexibility index (Phi) is 8.10. The summed E-state index contributed by atoms with van der Waals surface area (Å²) in [5.74, 6) is -1.47. The van der Waals surface area contributed by atoms with Crippen LogP contribution in [0.2, 0.25) is 0 Å². The smallest absolute Gasteiger partial charge is 0.352 e. The number of carbonyl (C=O) groups is 3. The number of carboxylic acid groups (broad SMARTS) is 1. The highest BCUT2D eigenvalue weighted by molar-refractivity contribution is 8.00. The molecule has 3 rings (SSSR count). The maximum atomic E-state index is 12.6. The molecule has 0 aromatic carbocycles. The zero-order chi connectivity index (χ0) is 22.4. The average Bonchev–Trinajstić information content (AvgIpc) is 3.26. The third kappa shape index (κ3) is 5.46. The van der Waals surface area contributed by atoms with Gasteiger partial charge in [-0.25, -0.2) is 4.79 Å². The molecule has 2 unspecified atom stereocenters. The third-order valence-electron chi connectivity index (χ3n) is 5.10. The first-order valence-corrected chi connectivity index (χ1v) is 12.0. The summed E-state index contributed by atoms with van der Waals surface area (Å²) < 4.78 is 0. The lowest BCUT2D eigenvalue weighted by atomic mass is 10.0. The Bertz CT molecular complexity index is 867. The Labute approximate surface area is 189 Å². The maximum absolute atomic E-state index is 12.6. The number of oxime groups is 1. The highest BCUT2D eigenvalue weighted by Gasteiger charge is 2.54. The van der Waals surface area contributed by atoms with E-state index < -0.39 is 23.3 Å². The van der Waals surface area contributed by atoms with E-state index in [1.54, 1.807) is 6.21 Å². The minimum Gasteiger partial charge on any atom is -0.477 e. The molecule has 1 saturated heterocycles. The predicted octanol–water partition coefficient (Wildman–Crippen LogP) is 1.37. The summed E-state index contributed by atoms with van der Waals surface area (Å²) in [7, 11) is 0. The van der Waals surface area contributed by atoms with Crippen LogP contribution in [0.4, 0.5) is 0 Å². The van der Waals surface area contributed by atoms with E-state index in [2.05, 4.69) is 29.2 Å². The van der Waals surface area contributed by atoms with Crippen molar-refractivity contribution in [3.05, 3.63) is 33.7 Å². The largest absolute Gasteiger partial charge is 0.477 e. The molecule has 168 valence electrons. The Hall–Kier alpha value is -2.37. The number of nitrogens with one attached hydrogen (secondary N) is 1. The van der Waals surface area contributed by atoms with Gasteiger partial charge in [0.25, 0.3) is 5.91 Å². The molecule has 1 fully saturated rings. The van der Waals surface area contributed by atoms with Crippen molar-refractivity contribution >= 4 is 47.1 Å². The molecule has 11 heteroatoms. The molecule has 2 amide bonds. The number of carboxylic acids is 1. The molecule has 0 aliphatic carbocycles. The predicted molar refractivity (Wildman–Crippen MR) is 120 cm³/mol. The second-order valence-corrected chi connectivity index (χ2v) is 9.15.